The molecule has 2 N–H and O–H groups in total. The lowest BCUT2D eigenvalue weighted by molar-refractivity contribution is -0.138. The SMILES string of the molecule is COc1ccc(CC2(O)CCCNC2)cc1C(F)(F)F. The molecular weight excluding hydrogens is 271 g/mol. The minimum absolute atomic E-state index is 0.199. The Morgan fingerprint density at radius 2 is 2.15 bits per heavy atom. The van der Waals surface area contributed by atoms with Crippen LogP contribution in [0.15, 0.2) is 18.2 Å². The summed E-state index contributed by atoms with van der Waals surface area (Å²) in [5.41, 5.74) is -1.32. The zero-order valence-corrected chi connectivity index (χ0v) is 11.3. The maximum atomic E-state index is 12.9. The van der Waals surface area contributed by atoms with Crippen LogP contribution in [0.3, 0.4) is 0 Å². The number of ether oxygens (including phenoxy) is 1. The number of halogens is 3. The number of methoxy groups -OCH3 is 1. The molecule has 0 aliphatic carbocycles. The van der Waals surface area contributed by atoms with Gasteiger partial charge in [-0.1, -0.05) is 6.07 Å². The van der Waals surface area contributed by atoms with E-state index in [4.69, 9.17) is 4.74 Å². The van der Waals surface area contributed by atoms with Gasteiger partial charge in [-0.15, -0.1) is 0 Å². The molecule has 0 radical (unpaired) electrons. The van der Waals surface area contributed by atoms with Crippen LogP contribution in [0.1, 0.15) is 24.0 Å². The van der Waals surface area contributed by atoms with Gasteiger partial charge in [0.25, 0.3) is 0 Å². The third-order valence-corrected chi connectivity index (χ3v) is 3.55. The molecule has 2 rings (SSSR count). The average molecular weight is 289 g/mol. The van der Waals surface area contributed by atoms with Crippen molar-refractivity contribution in [3.05, 3.63) is 29.3 Å². The molecule has 0 spiro atoms. The summed E-state index contributed by atoms with van der Waals surface area (Å²) in [5, 5.41) is 13.4. The minimum Gasteiger partial charge on any atom is -0.496 e. The monoisotopic (exact) mass is 289 g/mol. The molecule has 1 saturated heterocycles. The number of aliphatic hydroxyl groups is 1. The number of β-amino-alcohol motifs (C(OH)–C–C–N with tert-alkyl or cyclic N) is 1. The van der Waals surface area contributed by atoms with Gasteiger partial charge < -0.3 is 15.2 Å². The molecule has 1 unspecified atom stereocenters. The van der Waals surface area contributed by atoms with E-state index in [9.17, 15) is 18.3 Å². The molecule has 1 aromatic carbocycles. The largest absolute Gasteiger partial charge is 0.496 e. The van der Waals surface area contributed by atoms with Gasteiger partial charge in [0.2, 0.25) is 0 Å². The molecule has 0 aromatic heterocycles. The second-order valence-electron chi connectivity index (χ2n) is 5.21. The van der Waals surface area contributed by atoms with Crippen molar-refractivity contribution in [1.82, 2.24) is 5.32 Å². The zero-order valence-electron chi connectivity index (χ0n) is 11.3. The van der Waals surface area contributed by atoms with Crippen LogP contribution in [0, 0.1) is 0 Å². The van der Waals surface area contributed by atoms with E-state index in [0.29, 0.717) is 18.5 Å². The highest BCUT2D eigenvalue weighted by Gasteiger charge is 2.36. The third-order valence-electron chi connectivity index (χ3n) is 3.55. The summed E-state index contributed by atoms with van der Waals surface area (Å²) < 4.78 is 43.6. The first kappa shape index (κ1) is 15.1. The lowest BCUT2D eigenvalue weighted by Crippen LogP contribution is -2.47. The first-order valence-electron chi connectivity index (χ1n) is 6.51. The fraction of sp³-hybridized carbons (Fsp3) is 0.571. The predicted molar refractivity (Wildman–Crippen MR) is 68.8 cm³/mol. The van der Waals surface area contributed by atoms with Crippen molar-refractivity contribution in [2.75, 3.05) is 20.2 Å². The molecule has 112 valence electrons. The first-order valence-corrected chi connectivity index (χ1v) is 6.51. The molecule has 1 aromatic rings. The summed E-state index contributed by atoms with van der Waals surface area (Å²) >= 11 is 0. The van der Waals surface area contributed by atoms with Crippen molar-refractivity contribution in [3.63, 3.8) is 0 Å². The Labute approximate surface area is 115 Å². The van der Waals surface area contributed by atoms with Crippen LogP contribution in [0.4, 0.5) is 13.2 Å². The summed E-state index contributed by atoms with van der Waals surface area (Å²) in [6.07, 6.45) is -2.85. The molecule has 0 bridgehead atoms. The molecule has 6 heteroatoms. The van der Waals surface area contributed by atoms with Gasteiger partial charge in [-0.3, -0.25) is 0 Å². The summed E-state index contributed by atoms with van der Waals surface area (Å²) in [7, 11) is 1.21. The Morgan fingerprint density at radius 1 is 1.40 bits per heavy atom. The van der Waals surface area contributed by atoms with Gasteiger partial charge in [-0.05, 0) is 37.1 Å². The van der Waals surface area contributed by atoms with Crippen LogP contribution in [-0.4, -0.2) is 30.9 Å². The highest BCUT2D eigenvalue weighted by atomic mass is 19.4. The van der Waals surface area contributed by atoms with E-state index < -0.39 is 17.3 Å². The third kappa shape index (κ3) is 3.43. The quantitative estimate of drug-likeness (QED) is 0.897. The van der Waals surface area contributed by atoms with Crippen LogP contribution in [-0.2, 0) is 12.6 Å². The van der Waals surface area contributed by atoms with Crippen molar-refractivity contribution in [1.29, 1.82) is 0 Å². The molecule has 1 fully saturated rings. The van der Waals surface area contributed by atoms with Crippen LogP contribution in [0.2, 0.25) is 0 Å². The molecule has 1 aliphatic heterocycles. The molecule has 20 heavy (non-hydrogen) atoms. The molecule has 0 amide bonds. The fourth-order valence-electron chi connectivity index (χ4n) is 2.57. The number of hydrogen-bond donors (Lipinski definition) is 2. The van der Waals surface area contributed by atoms with E-state index in [0.717, 1.165) is 19.0 Å². The van der Waals surface area contributed by atoms with Crippen molar-refractivity contribution in [2.45, 2.75) is 31.0 Å². The van der Waals surface area contributed by atoms with E-state index >= 15 is 0 Å². The van der Waals surface area contributed by atoms with E-state index in [1.54, 1.807) is 6.07 Å². The van der Waals surface area contributed by atoms with Crippen molar-refractivity contribution in [2.24, 2.45) is 0 Å². The van der Waals surface area contributed by atoms with Gasteiger partial charge in [-0.25, -0.2) is 0 Å². The zero-order chi connectivity index (χ0) is 14.8. The Morgan fingerprint density at radius 3 is 2.70 bits per heavy atom. The van der Waals surface area contributed by atoms with Gasteiger partial charge in [0.15, 0.2) is 0 Å². The Kier molecular flexibility index (Phi) is 4.25. The maximum absolute atomic E-state index is 12.9. The Hall–Kier alpha value is -1.27. The summed E-state index contributed by atoms with van der Waals surface area (Å²) in [5.74, 6) is -0.199. The second-order valence-corrected chi connectivity index (χ2v) is 5.21. The summed E-state index contributed by atoms with van der Waals surface area (Å²) in [6, 6.07) is 3.93. The van der Waals surface area contributed by atoms with Gasteiger partial charge >= 0.3 is 6.18 Å². The number of alkyl halides is 3. The van der Waals surface area contributed by atoms with Gasteiger partial charge in [0.05, 0.1) is 18.3 Å². The van der Waals surface area contributed by atoms with Crippen LogP contribution < -0.4 is 10.1 Å². The number of rotatable bonds is 3. The predicted octanol–water partition coefficient (Wildman–Crippen LogP) is 2.37. The molecule has 1 atom stereocenters. The highest BCUT2D eigenvalue weighted by Crippen LogP contribution is 2.37. The lowest BCUT2D eigenvalue weighted by atomic mass is 9.87. The van der Waals surface area contributed by atoms with Gasteiger partial charge in [0, 0.05) is 13.0 Å². The number of piperidine rings is 1. The molecule has 1 aliphatic rings. The van der Waals surface area contributed by atoms with Crippen LogP contribution in [0.25, 0.3) is 0 Å². The molecule has 1 heterocycles. The van der Waals surface area contributed by atoms with Crippen molar-refractivity contribution >= 4 is 0 Å². The van der Waals surface area contributed by atoms with E-state index in [1.165, 1.54) is 13.2 Å². The fourth-order valence-corrected chi connectivity index (χ4v) is 2.57. The Balaban J connectivity index is 2.25. The highest BCUT2D eigenvalue weighted by molar-refractivity contribution is 5.39. The van der Waals surface area contributed by atoms with Crippen LogP contribution >= 0.6 is 0 Å². The van der Waals surface area contributed by atoms with Gasteiger partial charge in [-0.2, -0.15) is 13.2 Å². The number of benzene rings is 1. The maximum Gasteiger partial charge on any atom is 0.419 e. The molecule has 3 nitrogen and oxygen atoms in total. The molecule has 0 saturated carbocycles. The number of hydrogen-bond acceptors (Lipinski definition) is 3. The Bertz CT molecular complexity index is 468. The van der Waals surface area contributed by atoms with Crippen LogP contribution in [0.5, 0.6) is 5.75 Å². The van der Waals surface area contributed by atoms with Gasteiger partial charge in [0.1, 0.15) is 5.75 Å². The normalized spacial score (nSPS) is 23.6. The van der Waals surface area contributed by atoms with E-state index in [2.05, 4.69) is 5.32 Å². The average Bonchev–Trinajstić information content (AvgIpc) is 2.38. The number of nitrogens with one attached hydrogen (secondary N) is 1. The first-order chi connectivity index (χ1) is 9.34. The second kappa shape index (κ2) is 5.61. The summed E-state index contributed by atoms with van der Waals surface area (Å²) in [6.45, 7) is 1.24. The van der Waals surface area contributed by atoms with Crippen molar-refractivity contribution < 1.29 is 23.0 Å². The summed E-state index contributed by atoms with van der Waals surface area (Å²) in [4.78, 5) is 0. The topological polar surface area (TPSA) is 41.5 Å². The standard InChI is InChI=1S/C14H18F3NO2/c1-20-12-4-3-10(7-11(12)14(15,16)17)8-13(19)5-2-6-18-9-13/h3-4,7,18-19H,2,5-6,8-9H2,1H3. The minimum atomic E-state index is -4.46. The van der Waals surface area contributed by atoms with E-state index in [1.807, 2.05) is 0 Å². The smallest absolute Gasteiger partial charge is 0.419 e. The van der Waals surface area contributed by atoms with Crippen molar-refractivity contribution in [3.8, 4) is 5.75 Å². The van der Waals surface area contributed by atoms with E-state index in [-0.39, 0.29) is 12.2 Å². The lowest BCUT2D eigenvalue weighted by Gasteiger charge is -2.33. The molecular formula is C14H18F3NO2.